The van der Waals surface area contributed by atoms with Crippen LogP contribution in [0.25, 0.3) is 0 Å². The molecule has 4 rings (SSSR count). The Morgan fingerprint density at radius 3 is 1.98 bits per heavy atom. The highest BCUT2D eigenvalue weighted by molar-refractivity contribution is 7.92. The first-order valence-electron chi connectivity index (χ1n) is 15.7. The van der Waals surface area contributed by atoms with Gasteiger partial charge in [-0.1, -0.05) is 72.8 Å². The quantitative estimate of drug-likeness (QED) is 0.145. The van der Waals surface area contributed by atoms with Crippen molar-refractivity contribution in [3.05, 3.63) is 131 Å². The van der Waals surface area contributed by atoms with Crippen LogP contribution in [0.4, 0.5) is 5.69 Å². The van der Waals surface area contributed by atoms with Crippen molar-refractivity contribution in [1.82, 2.24) is 16.0 Å². The van der Waals surface area contributed by atoms with Crippen LogP contribution >= 0.6 is 0 Å². The van der Waals surface area contributed by atoms with E-state index in [1.807, 2.05) is 98.8 Å². The highest BCUT2D eigenvalue weighted by Gasteiger charge is 2.25. The fourth-order valence-corrected chi connectivity index (χ4v) is 5.71. The first kappa shape index (κ1) is 36.1. The predicted octanol–water partition coefficient (Wildman–Crippen LogP) is 4.63. The van der Waals surface area contributed by atoms with Crippen molar-refractivity contribution in [2.45, 2.75) is 44.5 Å². The number of sulfonamides is 1. The average Bonchev–Trinajstić information content (AvgIpc) is 3.09. The first-order chi connectivity index (χ1) is 22.8. The number of amides is 2. The fourth-order valence-electron chi connectivity index (χ4n) is 5.22. The standard InChI is InChI=1S/C37H44N4O6S/c1-25(29-17-12-18-33(23-29)47-4)38-24-35(42)34(19-27-13-8-6-9-14-27)40-37(44)31-20-30(21-32(22-31)41(3)48(5,45)46)36(43)39-26(2)28-15-10-7-11-16-28/h6-18,20-23,25-26,34-35,38,42H,19,24H2,1-5H3,(H,39,43)(H,40,44). The highest BCUT2D eigenvalue weighted by Crippen LogP contribution is 2.23. The van der Waals surface area contributed by atoms with E-state index in [1.165, 1.54) is 25.2 Å². The highest BCUT2D eigenvalue weighted by atomic mass is 32.2. The SMILES string of the molecule is COc1cccc(C(C)NCC(O)C(Cc2ccccc2)NC(=O)c2cc(C(=O)NC(C)c3ccccc3)cc(N(C)S(C)(=O)=O)c2)c1. The lowest BCUT2D eigenvalue weighted by molar-refractivity contribution is 0.0825. The Bertz CT molecular complexity index is 1790. The molecule has 4 atom stereocenters. The predicted molar refractivity (Wildman–Crippen MR) is 189 cm³/mol. The van der Waals surface area contributed by atoms with Crippen LogP contribution in [-0.4, -0.2) is 64.4 Å². The van der Waals surface area contributed by atoms with Crippen molar-refractivity contribution in [2.75, 3.05) is 31.3 Å². The molecule has 10 nitrogen and oxygen atoms in total. The van der Waals surface area contributed by atoms with E-state index in [0.29, 0.717) is 6.42 Å². The molecule has 0 heterocycles. The lowest BCUT2D eigenvalue weighted by atomic mass is 9.99. The second kappa shape index (κ2) is 16.4. The van der Waals surface area contributed by atoms with Crippen LogP contribution in [-0.2, 0) is 16.4 Å². The van der Waals surface area contributed by atoms with E-state index in [-0.39, 0.29) is 35.4 Å². The number of nitrogens with one attached hydrogen (secondary N) is 3. The summed E-state index contributed by atoms with van der Waals surface area (Å²) < 4.78 is 31.3. The van der Waals surface area contributed by atoms with E-state index in [9.17, 15) is 23.1 Å². The zero-order valence-corrected chi connectivity index (χ0v) is 28.7. The summed E-state index contributed by atoms with van der Waals surface area (Å²) in [4.78, 5) is 27.3. The molecular weight excluding hydrogens is 628 g/mol. The van der Waals surface area contributed by atoms with Gasteiger partial charge in [0.25, 0.3) is 11.8 Å². The van der Waals surface area contributed by atoms with Crippen molar-refractivity contribution < 1.29 is 27.9 Å². The summed E-state index contributed by atoms with van der Waals surface area (Å²) in [6.45, 7) is 3.98. The maximum absolute atomic E-state index is 13.9. The van der Waals surface area contributed by atoms with Gasteiger partial charge in [0.05, 0.1) is 37.2 Å². The average molecular weight is 673 g/mol. The van der Waals surface area contributed by atoms with Crippen LogP contribution in [0, 0.1) is 0 Å². The number of anilines is 1. The van der Waals surface area contributed by atoms with Crippen molar-refractivity contribution in [2.24, 2.45) is 0 Å². The van der Waals surface area contributed by atoms with E-state index in [0.717, 1.165) is 33.0 Å². The Morgan fingerprint density at radius 1 is 0.792 bits per heavy atom. The molecule has 254 valence electrons. The number of rotatable bonds is 15. The molecule has 4 aromatic rings. The van der Waals surface area contributed by atoms with Gasteiger partial charge >= 0.3 is 0 Å². The Balaban J connectivity index is 1.59. The molecule has 0 fully saturated rings. The van der Waals surface area contributed by atoms with Gasteiger partial charge in [0.1, 0.15) is 5.75 Å². The molecule has 0 aliphatic carbocycles. The fraction of sp³-hybridized carbons (Fsp3) is 0.297. The number of methoxy groups -OCH3 is 1. The molecule has 0 spiro atoms. The number of benzene rings is 4. The second-order valence-corrected chi connectivity index (χ2v) is 13.9. The molecule has 0 saturated carbocycles. The molecule has 11 heteroatoms. The maximum atomic E-state index is 13.9. The number of hydrogen-bond acceptors (Lipinski definition) is 7. The molecular formula is C37H44N4O6S. The van der Waals surface area contributed by atoms with Crippen LogP contribution < -0.4 is 25.0 Å². The molecule has 48 heavy (non-hydrogen) atoms. The van der Waals surface area contributed by atoms with Gasteiger partial charge < -0.3 is 25.8 Å². The summed E-state index contributed by atoms with van der Waals surface area (Å²) in [7, 11) is -0.750. The number of ether oxygens (including phenoxy) is 1. The lowest BCUT2D eigenvalue weighted by Crippen LogP contribution is -2.49. The Kier molecular flexibility index (Phi) is 12.4. The van der Waals surface area contributed by atoms with Gasteiger partial charge in [-0.05, 0) is 67.3 Å². The molecule has 0 aliphatic rings. The van der Waals surface area contributed by atoms with Gasteiger partial charge in [-0.3, -0.25) is 13.9 Å². The molecule has 0 radical (unpaired) electrons. The van der Waals surface area contributed by atoms with Gasteiger partial charge in [-0.2, -0.15) is 0 Å². The van der Waals surface area contributed by atoms with Gasteiger partial charge in [0, 0.05) is 30.8 Å². The van der Waals surface area contributed by atoms with Gasteiger partial charge in [-0.25, -0.2) is 8.42 Å². The van der Waals surface area contributed by atoms with E-state index in [2.05, 4.69) is 16.0 Å². The van der Waals surface area contributed by atoms with Crippen molar-refractivity contribution in [1.29, 1.82) is 0 Å². The van der Waals surface area contributed by atoms with E-state index >= 15 is 0 Å². The van der Waals surface area contributed by atoms with Crippen LogP contribution in [0.3, 0.4) is 0 Å². The minimum absolute atomic E-state index is 0.0727. The Hall–Kier alpha value is -4.71. The molecule has 0 bridgehead atoms. The van der Waals surface area contributed by atoms with E-state index in [4.69, 9.17) is 4.74 Å². The number of nitrogens with zero attached hydrogens (tertiary/aromatic N) is 1. The Morgan fingerprint density at radius 2 is 1.38 bits per heavy atom. The van der Waals surface area contributed by atoms with Crippen LogP contribution in [0.5, 0.6) is 5.75 Å². The third kappa shape index (κ3) is 9.90. The number of carbonyl (C=O) groups is 2. The third-order valence-electron chi connectivity index (χ3n) is 8.26. The van der Waals surface area contributed by atoms with E-state index in [1.54, 1.807) is 7.11 Å². The number of aliphatic hydroxyl groups is 1. The smallest absolute Gasteiger partial charge is 0.251 e. The number of hydrogen-bond donors (Lipinski definition) is 4. The summed E-state index contributed by atoms with van der Waals surface area (Å²) in [6.07, 6.45) is 0.370. The number of aliphatic hydroxyl groups excluding tert-OH is 1. The molecule has 4 aromatic carbocycles. The molecule has 0 saturated heterocycles. The lowest BCUT2D eigenvalue weighted by Gasteiger charge is -2.27. The zero-order valence-electron chi connectivity index (χ0n) is 27.9. The largest absolute Gasteiger partial charge is 0.497 e. The van der Waals surface area contributed by atoms with Crippen molar-refractivity contribution in [3.63, 3.8) is 0 Å². The summed E-state index contributed by atoms with van der Waals surface area (Å²) >= 11 is 0. The van der Waals surface area contributed by atoms with E-state index < -0.39 is 34.0 Å². The van der Waals surface area contributed by atoms with Crippen molar-refractivity contribution >= 4 is 27.5 Å². The Labute approximate surface area is 283 Å². The van der Waals surface area contributed by atoms with Gasteiger partial charge in [-0.15, -0.1) is 0 Å². The van der Waals surface area contributed by atoms with Crippen molar-refractivity contribution in [3.8, 4) is 5.75 Å². The summed E-state index contributed by atoms with van der Waals surface area (Å²) in [5, 5.41) is 20.6. The molecule has 0 aliphatic heterocycles. The molecule has 2 amide bonds. The summed E-state index contributed by atoms with van der Waals surface area (Å²) in [6, 6.07) is 29.6. The number of carbonyl (C=O) groups excluding carboxylic acids is 2. The van der Waals surface area contributed by atoms with Crippen LogP contribution in [0.2, 0.25) is 0 Å². The van der Waals surface area contributed by atoms with Gasteiger partial charge in [0.15, 0.2) is 0 Å². The molecule has 0 aromatic heterocycles. The monoisotopic (exact) mass is 672 g/mol. The summed E-state index contributed by atoms with van der Waals surface area (Å²) in [5.74, 6) is -0.312. The third-order valence-corrected chi connectivity index (χ3v) is 9.46. The minimum atomic E-state index is -3.71. The normalized spacial score (nSPS) is 13.9. The minimum Gasteiger partial charge on any atom is -0.497 e. The zero-order chi connectivity index (χ0) is 34.8. The maximum Gasteiger partial charge on any atom is 0.251 e. The summed E-state index contributed by atoms with van der Waals surface area (Å²) in [5.41, 5.74) is 3.11. The topological polar surface area (TPSA) is 137 Å². The molecule has 4 N–H and O–H groups in total. The molecule has 4 unspecified atom stereocenters. The van der Waals surface area contributed by atoms with Gasteiger partial charge in [0.2, 0.25) is 10.0 Å². The van der Waals surface area contributed by atoms with Crippen LogP contribution in [0.15, 0.2) is 103 Å². The van der Waals surface area contributed by atoms with Crippen LogP contribution in [0.1, 0.15) is 63.3 Å². The second-order valence-electron chi connectivity index (χ2n) is 11.8. The first-order valence-corrected chi connectivity index (χ1v) is 17.6.